The van der Waals surface area contributed by atoms with Crippen LogP contribution in [0.15, 0.2) is 42.5 Å². The van der Waals surface area contributed by atoms with Gasteiger partial charge in [-0.15, -0.1) is 0 Å². The van der Waals surface area contributed by atoms with Crippen molar-refractivity contribution in [1.82, 2.24) is 5.32 Å². The topological polar surface area (TPSA) is 52.5 Å². The van der Waals surface area contributed by atoms with Gasteiger partial charge in [0.15, 0.2) is 0 Å². The van der Waals surface area contributed by atoms with E-state index in [4.69, 9.17) is 0 Å². The second-order valence-electron chi connectivity index (χ2n) is 5.74. The number of nitrogens with one attached hydrogen (secondary N) is 1. The Morgan fingerprint density at radius 3 is 2.19 bits per heavy atom. The van der Waals surface area contributed by atoms with E-state index in [0.717, 1.165) is 12.1 Å². The fraction of sp³-hybridized carbons (Fsp3) is 0.333. The highest BCUT2D eigenvalue weighted by Gasteiger charge is 2.10. The van der Waals surface area contributed by atoms with E-state index in [1.54, 1.807) is 12.1 Å². The number of rotatable bonds is 5. The van der Waals surface area contributed by atoms with Crippen LogP contribution in [-0.2, 0) is 6.54 Å². The van der Waals surface area contributed by atoms with Crippen LogP contribution in [-0.4, -0.2) is 10.2 Å². The quantitative estimate of drug-likeness (QED) is 0.776. The minimum atomic E-state index is 0.00961. The van der Waals surface area contributed by atoms with Crippen LogP contribution in [0.2, 0.25) is 0 Å². The van der Waals surface area contributed by atoms with Crippen LogP contribution < -0.4 is 5.32 Å². The molecule has 3 heteroatoms. The largest absolute Gasteiger partial charge is 0.508 e. The van der Waals surface area contributed by atoms with Crippen LogP contribution in [0.1, 0.15) is 49.4 Å². The van der Waals surface area contributed by atoms with Gasteiger partial charge in [0.25, 0.3) is 0 Å². The molecule has 3 nitrogen and oxygen atoms in total. The Labute approximate surface area is 126 Å². The van der Waals surface area contributed by atoms with Crippen LogP contribution in [0.25, 0.3) is 0 Å². The lowest BCUT2D eigenvalue weighted by Gasteiger charge is -2.16. The summed E-state index contributed by atoms with van der Waals surface area (Å²) in [5, 5.41) is 22.6. The fourth-order valence-electron chi connectivity index (χ4n) is 2.30. The summed E-state index contributed by atoms with van der Waals surface area (Å²) >= 11 is 0. The highest BCUT2D eigenvalue weighted by molar-refractivity contribution is 5.40. The summed E-state index contributed by atoms with van der Waals surface area (Å²) in [4.78, 5) is 0. The zero-order valence-corrected chi connectivity index (χ0v) is 12.8. The molecular formula is C18H23NO2. The molecule has 21 heavy (non-hydrogen) atoms. The molecule has 1 unspecified atom stereocenters. The third kappa shape index (κ3) is 3.99. The summed E-state index contributed by atoms with van der Waals surface area (Å²) in [6.07, 6.45) is 0. The number of phenolic OH excluding ortho intramolecular Hbond substituents is 2. The smallest absolute Gasteiger partial charge is 0.124 e. The SMILES string of the molecule is CC(C)c1ccc(CNC(C)c2ccc(O)cc2O)cc1. The highest BCUT2D eigenvalue weighted by Crippen LogP contribution is 2.27. The fourth-order valence-corrected chi connectivity index (χ4v) is 2.30. The molecule has 0 saturated carbocycles. The summed E-state index contributed by atoms with van der Waals surface area (Å²) in [6, 6.07) is 13.3. The van der Waals surface area contributed by atoms with E-state index in [1.165, 1.54) is 17.2 Å². The standard InChI is InChI=1S/C18H23NO2/c1-12(2)15-6-4-14(5-7-15)11-19-13(3)17-9-8-16(20)10-18(17)21/h4-10,12-13,19-21H,11H2,1-3H3. The maximum atomic E-state index is 9.86. The van der Waals surface area contributed by atoms with Gasteiger partial charge >= 0.3 is 0 Å². The lowest BCUT2D eigenvalue weighted by Crippen LogP contribution is -2.18. The maximum absolute atomic E-state index is 9.86. The number of phenols is 2. The summed E-state index contributed by atoms with van der Waals surface area (Å²) in [7, 11) is 0. The van der Waals surface area contributed by atoms with Gasteiger partial charge in [0.05, 0.1) is 0 Å². The van der Waals surface area contributed by atoms with E-state index in [1.807, 2.05) is 6.92 Å². The Morgan fingerprint density at radius 1 is 0.952 bits per heavy atom. The first kappa shape index (κ1) is 15.4. The van der Waals surface area contributed by atoms with E-state index >= 15 is 0 Å². The monoisotopic (exact) mass is 285 g/mol. The van der Waals surface area contributed by atoms with Crippen LogP contribution >= 0.6 is 0 Å². The van der Waals surface area contributed by atoms with Gasteiger partial charge in [-0.25, -0.2) is 0 Å². The molecule has 2 rings (SSSR count). The lowest BCUT2D eigenvalue weighted by molar-refractivity contribution is 0.436. The summed E-state index contributed by atoms with van der Waals surface area (Å²) < 4.78 is 0. The molecule has 0 aliphatic heterocycles. The second-order valence-corrected chi connectivity index (χ2v) is 5.74. The van der Waals surface area contributed by atoms with Gasteiger partial charge in [0, 0.05) is 24.2 Å². The van der Waals surface area contributed by atoms with E-state index in [0.29, 0.717) is 5.92 Å². The minimum absolute atomic E-state index is 0.00961. The zero-order valence-electron chi connectivity index (χ0n) is 12.8. The van der Waals surface area contributed by atoms with Crippen LogP contribution in [0.5, 0.6) is 11.5 Å². The first-order valence-electron chi connectivity index (χ1n) is 7.31. The van der Waals surface area contributed by atoms with Gasteiger partial charge in [-0.2, -0.15) is 0 Å². The first-order chi connectivity index (χ1) is 9.97. The van der Waals surface area contributed by atoms with Gasteiger partial charge in [-0.05, 0) is 30.0 Å². The van der Waals surface area contributed by atoms with Crippen molar-refractivity contribution >= 4 is 0 Å². The Bertz CT molecular complexity index is 591. The Morgan fingerprint density at radius 2 is 1.62 bits per heavy atom. The van der Waals surface area contributed by atoms with Crippen LogP contribution in [0, 0.1) is 0 Å². The molecule has 0 aliphatic rings. The molecule has 0 amide bonds. The average Bonchev–Trinajstić information content (AvgIpc) is 2.45. The molecule has 0 saturated heterocycles. The number of hydrogen-bond acceptors (Lipinski definition) is 3. The predicted octanol–water partition coefficient (Wildman–Crippen LogP) is 4.07. The number of benzene rings is 2. The molecule has 0 aromatic heterocycles. The summed E-state index contributed by atoms with van der Waals surface area (Å²) in [5.74, 6) is 0.734. The molecule has 0 heterocycles. The molecule has 1 atom stereocenters. The van der Waals surface area contributed by atoms with E-state index in [9.17, 15) is 10.2 Å². The minimum Gasteiger partial charge on any atom is -0.508 e. The van der Waals surface area contributed by atoms with Crippen LogP contribution in [0.3, 0.4) is 0 Å². The van der Waals surface area contributed by atoms with Crippen molar-refractivity contribution in [3.8, 4) is 11.5 Å². The number of aromatic hydroxyl groups is 2. The molecule has 112 valence electrons. The Hall–Kier alpha value is -2.00. The maximum Gasteiger partial charge on any atom is 0.124 e. The molecule has 0 aliphatic carbocycles. The highest BCUT2D eigenvalue weighted by atomic mass is 16.3. The zero-order chi connectivity index (χ0) is 15.4. The first-order valence-corrected chi connectivity index (χ1v) is 7.31. The Kier molecular flexibility index (Phi) is 4.86. The van der Waals surface area contributed by atoms with Gasteiger partial charge in [-0.1, -0.05) is 44.2 Å². The second kappa shape index (κ2) is 6.64. The molecule has 0 bridgehead atoms. The third-order valence-electron chi connectivity index (χ3n) is 3.74. The van der Waals surface area contributed by atoms with Crippen molar-refractivity contribution in [2.45, 2.75) is 39.3 Å². The van der Waals surface area contributed by atoms with Crippen LogP contribution in [0.4, 0.5) is 0 Å². The van der Waals surface area contributed by atoms with Gasteiger partial charge in [0.1, 0.15) is 11.5 Å². The predicted molar refractivity (Wildman–Crippen MR) is 85.6 cm³/mol. The summed E-state index contributed by atoms with van der Waals surface area (Å²) in [5.41, 5.74) is 3.33. The molecule has 2 aromatic rings. The normalized spacial score (nSPS) is 12.6. The third-order valence-corrected chi connectivity index (χ3v) is 3.74. The molecule has 0 spiro atoms. The Balaban J connectivity index is 1.98. The van der Waals surface area contributed by atoms with Crippen molar-refractivity contribution in [3.63, 3.8) is 0 Å². The number of hydrogen-bond donors (Lipinski definition) is 3. The van der Waals surface area contributed by atoms with Crippen molar-refractivity contribution in [2.75, 3.05) is 0 Å². The van der Waals surface area contributed by atoms with E-state index in [-0.39, 0.29) is 17.5 Å². The average molecular weight is 285 g/mol. The molecule has 2 aromatic carbocycles. The molecule has 3 N–H and O–H groups in total. The summed E-state index contributed by atoms with van der Waals surface area (Å²) in [6.45, 7) is 7.10. The molecule has 0 fully saturated rings. The lowest BCUT2D eigenvalue weighted by atomic mass is 10.0. The van der Waals surface area contributed by atoms with Crippen molar-refractivity contribution in [3.05, 3.63) is 59.2 Å². The molecule has 0 radical (unpaired) electrons. The van der Waals surface area contributed by atoms with Crippen molar-refractivity contribution in [2.24, 2.45) is 0 Å². The molecular weight excluding hydrogens is 262 g/mol. The van der Waals surface area contributed by atoms with Gasteiger partial charge < -0.3 is 15.5 Å². The van der Waals surface area contributed by atoms with Gasteiger partial charge in [-0.3, -0.25) is 0 Å². The van der Waals surface area contributed by atoms with Gasteiger partial charge in [0.2, 0.25) is 0 Å². The van der Waals surface area contributed by atoms with Crippen molar-refractivity contribution < 1.29 is 10.2 Å². The van der Waals surface area contributed by atoms with Crippen molar-refractivity contribution in [1.29, 1.82) is 0 Å². The van der Waals surface area contributed by atoms with E-state index in [2.05, 4.69) is 43.4 Å². The van der Waals surface area contributed by atoms with E-state index < -0.39 is 0 Å².